The molecule has 0 radical (unpaired) electrons. The van der Waals surface area contributed by atoms with Gasteiger partial charge >= 0.3 is 0 Å². The molecule has 0 unspecified atom stereocenters. The molecule has 0 aliphatic heterocycles. The zero-order chi connectivity index (χ0) is 15.9. The van der Waals surface area contributed by atoms with Crippen molar-refractivity contribution in [2.75, 3.05) is 0 Å². The lowest BCUT2D eigenvalue weighted by molar-refractivity contribution is 0.100. The number of hydrogen-bond acceptors (Lipinski definition) is 4. The zero-order valence-electron chi connectivity index (χ0n) is 10.8. The maximum atomic E-state index is 13.7. The number of rotatable bonds is 3. The summed E-state index contributed by atoms with van der Waals surface area (Å²) in [5.41, 5.74) is 5.45. The van der Waals surface area contributed by atoms with Crippen molar-refractivity contribution in [3.05, 3.63) is 52.9 Å². The minimum absolute atomic E-state index is 0.0254. The smallest absolute Gasteiger partial charge is 0.250 e. The summed E-state index contributed by atoms with van der Waals surface area (Å²) in [6.07, 6.45) is 2.73. The molecule has 0 aliphatic carbocycles. The molecule has 112 valence electrons. The number of benzene rings is 1. The molecule has 2 N–H and O–H groups in total. The third-order valence-electron chi connectivity index (χ3n) is 2.93. The van der Waals surface area contributed by atoms with Gasteiger partial charge < -0.3 is 10.5 Å². The minimum Gasteiger partial charge on any atom is -0.452 e. The van der Waals surface area contributed by atoms with Crippen LogP contribution in [-0.4, -0.2) is 10.9 Å². The van der Waals surface area contributed by atoms with E-state index in [-0.39, 0.29) is 11.3 Å². The molecular formula is C14H7F3N2O2S. The average molecular weight is 324 g/mol. The van der Waals surface area contributed by atoms with Gasteiger partial charge in [-0.25, -0.2) is 8.78 Å². The summed E-state index contributed by atoms with van der Waals surface area (Å²) in [6.45, 7) is 0. The SMILES string of the molecule is NC(=O)c1csc2cncc(Oc3ccc(F)c(F)c3F)c12. The number of hydrogen-bond donors (Lipinski definition) is 1. The molecule has 0 saturated carbocycles. The number of pyridine rings is 1. The second-order valence-corrected chi connectivity index (χ2v) is 5.21. The standard InChI is InChI=1S/C14H7F3N2O2S/c15-7-1-2-8(13(17)12(7)16)21-9-3-19-4-10-11(9)6(5-22-10)14(18)20/h1-5H,(H2,18,20). The number of thiophene rings is 1. The van der Waals surface area contributed by atoms with Crippen LogP contribution in [0.2, 0.25) is 0 Å². The van der Waals surface area contributed by atoms with E-state index >= 15 is 0 Å². The van der Waals surface area contributed by atoms with Gasteiger partial charge in [0.25, 0.3) is 0 Å². The Hall–Kier alpha value is -2.61. The van der Waals surface area contributed by atoms with Crippen molar-refractivity contribution in [1.82, 2.24) is 4.98 Å². The van der Waals surface area contributed by atoms with Crippen LogP contribution in [0, 0.1) is 17.5 Å². The van der Waals surface area contributed by atoms with E-state index in [1.807, 2.05) is 0 Å². The number of ether oxygens (including phenoxy) is 1. The van der Waals surface area contributed by atoms with Crippen molar-refractivity contribution < 1.29 is 22.7 Å². The molecule has 8 heteroatoms. The lowest BCUT2D eigenvalue weighted by Gasteiger charge is -2.09. The average Bonchev–Trinajstić information content (AvgIpc) is 2.93. The number of primary amides is 1. The molecular weight excluding hydrogens is 317 g/mol. The van der Waals surface area contributed by atoms with Crippen molar-refractivity contribution in [2.45, 2.75) is 0 Å². The van der Waals surface area contributed by atoms with Gasteiger partial charge in [0.2, 0.25) is 11.7 Å². The van der Waals surface area contributed by atoms with Crippen LogP contribution < -0.4 is 10.5 Å². The molecule has 0 atom stereocenters. The largest absolute Gasteiger partial charge is 0.452 e. The number of nitrogens with zero attached hydrogens (tertiary/aromatic N) is 1. The highest BCUT2D eigenvalue weighted by molar-refractivity contribution is 7.17. The van der Waals surface area contributed by atoms with Gasteiger partial charge in [0, 0.05) is 11.6 Å². The summed E-state index contributed by atoms with van der Waals surface area (Å²) < 4.78 is 45.7. The third kappa shape index (κ3) is 2.27. The van der Waals surface area contributed by atoms with Crippen LogP contribution in [0.15, 0.2) is 29.9 Å². The van der Waals surface area contributed by atoms with Gasteiger partial charge in [-0.2, -0.15) is 4.39 Å². The van der Waals surface area contributed by atoms with Crippen LogP contribution in [0.3, 0.4) is 0 Å². The quantitative estimate of drug-likeness (QED) is 0.749. The van der Waals surface area contributed by atoms with Crippen LogP contribution in [0.25, 0.3) is 10.1 Å². The molecule has 0 saturated heterocycles. The normalized spacial score (nSPS) is 10.9. The maximum absolute atomic E-state index is 13.7. The number of nitrogens with two attached hydrogens (primary N) is 1. The summed E-state index contributed by atoms with van der Waals surface area (Å²) in [7, 11) is 0. The number of carbonyl (C=O) groups is 1. The highest BCUT2D eigenvalue weighted by atomic mass is 32.1. The van der Waals surface area contributed by atoms with Crippen LogP contribution in [-0.2, 0) is 0 Å². The van der Waals surface area contributed by atoms with Gasteiger partial charge in [-0.1, -0.05) is 0 Å². The number of fused-ring (bicyclic) bond motifs is 1. The van der Waals surface area contributed by atoms with Gasteiger partial charge in [0.15, 0.2) is 23.1 Å². The van der Waals surface area contributed by atoms with E-state index < -0.39 is 29.1 Å². The first kappa shape index (κ1) is 14.3. The highest BCUT2D eigenvalue weighted by Gasteiger charge is 2.19. The van der Waals surface area contributed by atoms with Crippen molar-refractivity contribution in [2.24, 2.45) is 5.73 Å². The van der Waals surface area contributed by atoms with E-state index in [0.29, 0.717) is 10.1 Å². The van der Waals surface area contributed by atoms with E-state index in [0.717, 1.165) is 12.1 Å². The molecule has 0 aliphatic rings. The van der Waals surface area contributed by atoms with Gasteiger partial charge in [0.05, 0.1) is 21.8 Å². The minimum atomic E-state index is -1.64. The van der Waals surface area contributed by atoms with Gasteiger partial charge in [-0.15, -0.1) is 11.3 Å². The fraction of sp³-hybridized carbons (Fsp3) is 0. The van der Waals surface area contributed by atoms with E-state index in [2.05, 4.69) is 4.98 Å². The first-order valence-corrected chi connectivity index (χ1v) is 6.83. The second kappa shape index (κ2) is 5.30. The highest BCUT2D eigenvalue weighted by Crippen LogP contribution is 2.36. The number of halogens is 3. The first-order chi connectivity index (χ1) is 10.5. The van der Waals surface area contributed by atoms with E-state index in [1.165, 1.54) is 29.1 Å². The lowest BCUT2D eigenvalue weighted by atomic mass is 10.2. The summed E-state index contributed by atoms with van der Waals surface area (Å²) in [5, 5.41) is 1.86. The summed E-state index contributed by atoms with van der Waals surface area (Å²) >= 11 is 1.21. The molecule has 2 heterocycles. The Labute approximate surface area is 126 Å². The molecule has 3 rings (SSSR count). The van der Waals surface area contributed by atoms with E-state index in [1.54, 1.807) is 0 Å². The van der Waals surface area contributed by atoms with Gasteiger partial charge in [-0.05, 0) is 12.1 Å². The third-order valence-corrected chi connectivity index (χ3v) is 3.85. The van der Waals surface area contributed by atoms with E-state index in [4.69, 9.17) is 10.5 Å². The van der Waals surface area contributed by atoms with Crippen molar-refractivity contribution in [3.63, 3.8) is 0 Å². The van der Waals surface area contributed by atoms with Crippen molar-refractivity contribution >= 4 is 27.3 Å². The Kier molecular flexibility index (Phi) is 3.45. The molecule has 2 aromatic heterocycles. The molecule has 0 fully saturated rings. The molecule has 4 nitrogen and oxygen atoms in total. The summed E-state index contributed by atoms with van der Waals surface area (Å²) in [4.78, 5) is 15.3. The monoisotopic (exact) mass is 324 g/mol. The molecule has 0 bridgehead atoms. The Balaban J connectivity index is 2.14. The molecule has 1 amide bonds. The Morgan fingerprint density at radius 1 is 1.14 bits per heavy atom. The van der Waals surface area contributed by atoms with Crippen molar-refractivity contribution in [3.8, 4) is 11.5 Å². The topological polar surface area (TPSA) is 65.2 Å². The number of carbonyl (C=O) groups excluding carboxylic acids is 1. The fourth-order valence-electron chi connectivity index (χ4n) is 1.92. The first-order valence-electron chi connectivity index (χ1n) is 5.95. The Morgan fingerprint density at radius 3 is 2.64 bits per heavy atom. The summed E-state index contributed by atoms with van der Waals surface area (Å²) in [6, 6.07) is 1.69. The molecule has 1 aromatic carbocycles. The number of aromatic nitrogens is 1. The Morgan fingerprint density at radius 2 is 1.91 bits per heavy atom. The van der Waals surface area contributed by atoms with E-state index in [9.17, 15) is 18.0 Å². The van der Waals surface area contributed by atoms with Crippen molar-refractivity contribution in [1.29, 1.82) is 0 Å². The fourth-order valence-corrected chi connectivity index (χ4v) is 2.85. The van der Waals surface area contributed by atoms with Crippen LogP contribution in [0.5, 0.6) is 11.5 Å². The zero-order valence-corrected chi connectivity index (χ0v) is 11.6. The second-order valence-electron chi connectivity index (χ2n) is 4.30. The van der Waals surface area contributed by atoms with Gasteiger partial charge in [0.1, 0.15) is 0 Å². The molecule has 0 spiro atoms. The van der Waals surface area contributed by atoms with Crippen LogP contribution >= 0.6 is 11.3 Å². The van der Waals surface area contributed by atoms with Crippen LogP contribution in [0.1, 0.15) is 10.4 Å². The van der Waals surface area contributed by atoms with Gasteiger partial charge in [-0.3, -0.25) is 9.78 Å². The number of amides is 1. The predicted molar refractivity (Wildman–Crippen MR) is 74.5 cm³/mol. The lowest BCUT2D eigenvalue weighted by Crippen LogP contribution is -2.10. The maximum Gasteiger partial charge on any atom is 0.250 e. The molecule has 3 aromatic rings. The summed E-state index contributed by atoms with van der Waals surface area (Å²) in [5.74, 6) is -5.61. The van der Waals surface area contributed by atoms with Crippen LogP contribution in [0.4, 0.5) is 13.2 Å². The predicted octanol–water partition coefficient (Wildman–Crippen LogP) is 3.60. The Bertz CT molecular complexity index is 895. The molecule has 22 heavy (non-hydrogen) atoms.